The van der Waals surface area contributed by atoms with Gasteiger partial charge in [-0.25, -0.2) is 4.68 Å². The number of amides is 1. The van der Waals surface area contributed by atoms with E-state index in [-0.39, 0.29) is 5.91 Å². The van der Waals surface area contributed by atoms with E-state index in [1.807, 2.05) is 36.5 Å². The van der Waals surface area contributed by atoms with Crippen LogP contribution < -0.4 is 10.6 Å². The fraction of sp³-hybridized carbons (Fsp3) is 0.375. The Bertz CT molecular complexity index is 587. The molecule has 0 radical (unpaired) electrons. The van der Waals surface area contributed by atoms with E-state index in [1.54, 1.807) is 10.9 Å². The molecule has 1 saturated heterocycles. The van der Waals surface area contributed by atoms with Crippen molar-refractivity contribution in [3.8, 4) is 5.69 Å². The zero-order valence-electron chi connectivity index (χ0n) is 12.0. The summed E-state index contributed by atoms with van der Waals surface area (Å²) in [5.41, 5.74) is 1.94. The van der Waals surface area contributed by atoms with Crippen molar-refractivity contribution < 1.29 is 4.79 Å². The number of benzene rings is 1. The van der Waals surface area contributed by atoms with Gasteiger partial charge in [0.1, 0.15) is 0 Å². The van der Waals surface area contributed by atoms with Gasteiger partial charge in [-0.05, 0) is 43.6 Å². The molecule has 1 amide bonds. The first-order valence-electron chi connectivity index (χ1n) is 7.40. The molecule has 0 saturated carbocycles. The summed E-state index contributed by atoms with van der Waals surface area (Å²) in [6.07, 6.45) is 6.08. The van der Waals surface area contributed by atoms with Crippen molar-refractivity contribution in [3.63, 3.8) is 0 Å². The van der Waals surface area contributed by atoms with Crippen molar-refractivity contribution in [2.45, 2.75) is 25.3 Å². The van der Waals surface area contributed by atoms with Crippen LogP contribution in [0.2, 0.25) is 0 Å². The number of carbonyl (C=O) groups is 1. The second-order valence-corrected chi connectivity index (χ2v) is 5.40. The third-order valence-electron chi connectivity index (χ3n) is 3.73. The van der Waals surface area contributed by atoms with Crippen LogP contribution in [0.25, 0.3) is 5.69 Å². The molecule has 0 bridgehead atoms. The minimum atomic E-state index is 0.0783. The SMILES string of the molecule is O=C(Cc1cnn(-c2ccccc2)c1)NC1CCNCC1. The van der Waals surface area contributed by atoms with E-state index in [1.165, 1.54) is 0 Å². The molecule has 21 heavy (non-hydrogen) atoms. The lowest BCUT2D eigenvalue weighted by atomic mass is 10.1. The molecule has 0 unspecified atom stereocenters. The van der Waals surface area contributed by atoms with Crippen molar-refractivity contribution in [2.75, 3.05) is 13.1 Å². The van der Waals surface area contributed by atoms with Crippen molar-refractivity contribution in [1.29, 1.82) is 0 Å². The van der Waals surface area contributed by atoms with Gasteiger partial charge >= 0.3 is 0 Å². The summed E-state index contributed by atoms with van der Waals surface area (Å²) in [4.78, 5) is 12.1. The lowest BCUT2D eigenvalue weighted by Gasteiger charge is -2.23. The zero-order chi connectivity index (χ0) is 14.5. The molecule has 1 aliphatic heterocycles. The third kappa shape index (κ3) is 3.70. The third-order valence-corrected chi connectivity index (χ3v) is 3.73. The molecule has 1 aromatic heterocycles. The van der Waals surface area contributed by atoms with Gasteiger partial charge in [0, 0.05) is 12.2 Å². The Balaban J connectivity index is 1.58. The first kappa shape index (κ1) is 13.8. The highest BCUT2D eigenvalue weighted by atomic mass is 16.1. The first-order chi connectivity index (χ1) is 10.3. The summed E-state index contributed by atoms with van der Waals surface area (Å²) in [6.45, 7) is 1.97. The van der Waals surface area contributed by atoms with Gasteiger partial charge in [0.05, 0.1) is 18.3 Å². The van der Waals surface area contributed by atoms with Crippen LogP contribution in [-0.4, -0.2) is 34.8 Å². The predicted molar refractivity (Wildman–Crippen MR) is 81.3 cm³/mol. The molecule has 1 aliphatic rings. The number of nitrogens with one attached hydrogen (secondary N) is 2. The highest BCUT2D eigenvalue weighted by Crippen LogP contribution is 2.09. The average molecular weight is 284 g/mol. The van der Waals surface area contributed by atoms with E-state index in [0.717, 1.165) is 37.2 Å². The van der Waals surface area contributed by atoms with Gasteiger partial charge in [-0.15, -0.1) is 0 Å². The Morgan fingerprint density at radius 1 is 1.29 bits per heavy atom. The monoisotopic (exact) mass is 284 g/mol. The molecule has 2 heterocycles. The number of piperidine rings is 1. The summed E-state index contributed by atoms with van der Waals surface area (Å²) in [5, 5.41) is 10.7. The van der Waals surface area contributed by atoms with Gasteiger partial charge in [0.25, 0.3) is 0 Å². The Morgan fingerprint density at radius 3 is 2.81 bits per heavy atom. The van der Waals surface area contributed by atoms with Crippen LogP contribution in [0.3, 0.4) is 0 Å². The van der Waals surface area contributed by atoms with Crippen LogP contribution in [0, 0.1) is 0 Å². The number of hydrogen-bond acceptors (Lipinski definition) is 3. The summed E-state index contributed by atoms with van der Waals surface area (Å²) in [6, 6.07) is 10.2. The standard InChI is InChI=1S/C16H20N4O/c21-16(19-14-6-8-17-9-7-14)10-13-11-18-20(12-13)15-4-2-1-3-5-15/h1-5,11-12,14,17H,6-10H2,(H,19,21). The number of rotatable bonds is 4. The predicted octanol–water partition coefficient (Wildman–Crippen LogP) is 1.28. The minimum absolute atomic E-state index is 0.0783. The van der Waals surface area contributed by atoms with E-state index in [4.69, 9.17) is 0 Å². The van der Waals surface area contributed by atoms with E-state index in [2.05, 4.69) is 15.7 Å². The summed E-state index contributed by atoms with van der Waals surface area (Å²) in [5.74, 6) is 0.0783. The molecule has 110 valence electrons. The van der Waals surface area contributed by atoms with E-state index in [9.17, 15) is 4.79 Å². The number of para-hydroxylation sites is 1. The molecule has 0 aliphatic carbocycles. The fourth-order valence-corrected chi connectivity index (χ4v) is 2.60. The number of aromatic nitrogens is 2. The van der Waals surface area contributed by atoms with E-state index in [0.29, 0.717) is 12.5 Å². The number of hydrogen-bond donors (Lipinski definition) is 2. The molecule has 1 fully saturated rings. The lowest BCUT2D eigenvalue weighted by molar-refractivity contribution is -0.121. The van der Waals surface area contributed by atoms with Gasteiger partial charge in [0.15, 0.2) is 0 Å². The average Bonchev–Trinajstić information content (AvgIpc) is 2.97. The van der Waals surface area contributed by atoms with Crippen LogP contribution in [0.4, 0.5) is 0 Å². The highest BCUT2D eigenvalue weighted by molar-refractivity contribution is 5.78. The topological polar surface area (TPSA) is 59.0 Å². The Kier molecular flexibility index (Phi) is 4.31. The maximum absolute atomic E-state index is 12.1. The normalized spacial score (nSPS) is 15.8. The molecule has 0 spiro atoms. The molecule has 2 aromatic rings. The lowest BCUT2D eigenvalue weighted by Crippen LogP contribution is -2.43. The first-order valence-corrected chi connectivity index (χ1v) is 7.40. The smallest absolute Gasteiger partial charge is 0.224 e. The molecule has 5 heteroatoms. The summed E-state index contributed by atoms with van der Waals surface area (Å²) in [7, 11) is 0. The Hall–Kier alpha value is -2.14. The van der Waals surface area contributed by atoms with Crippen molar-refractivity contribution >= 4 is 5.91 Å². The van der Waals surface area contributed by atoms with Crippen molar-refractivity contribution in [3.05, 3.63) is 48.3 Å². The minimum Gasteiger partial charge on any atom is -0.353 e. The van der Waals surface area contributed by atoms with Crippen molar-refractivity contribution in [1.82, 2.24) is 20.4 Å². The fourth-order valence-electron chi connectivity index (χ4n) is 2.60. The van der Waals surface area contributed by atoms with Gasteiger partial charge in [0.2, 0.25) is 5.91 Å². The Labute approximate surface area is 124 Å². The van der Waals surface area contributed by atoms with Crippen LogP contribution in [0.15, 0.2) is 42.7 Å². The maximum atomic E-state index is 12.1. The molecule has 1 aromatic carbocycles. The van der Waals surface area contributed by atoms with E-state index < -0.39 is 0 Å². The zero-order valence-corrected chi connectivity index (χ0v) is 12.0. The second-order valence-electron chi connectivity index (χ2n) is 5.40. The quantitative estimate of drug-likeness (QED) is 0.889. The van der Waals surface area contributed by atoms with Crippen LogP contribution in [0.1, 0.15) is 18.4 Å². The number of carbonyl (C=O) groups excluding carboxylic acids is 1. The number of nitrogens with zero attached hydrogens (tertiary/aromatic N) is 2. The van der Waals surface area contributed by atoms with Gasteiger partial charge in [-0.2, -0.15) is 5.10 Å². The maximum Gasteiger partial charge on any atom is 0.224 e. The van der Waals surface area contributed by atoms with Gasteiger partial charge < -0.3 is 10.6 Å². The molecular formula is C16H20N4O. The second kappa shape index (κ2) is 6.54. The highest BCUT2D eigenvalue weighted by Gasteiger charge is 2.15. The largest absolute Gasteiger partial charge is 0.353 e. The molecule has 3 rings (SSSR count). The van der Waals surface area contributed by atoms with Crippen LogP contribution in [-0.2, 0) is 11.2 Å². The molecule has 0 atom stereocenters. The van der Waals surface area contributed by atoms with Crippen LogP contribution >= 0.6 is 0 Å². The molecule has 5 nitrogen and oxygen atoms in total. The van der Waals surface area contributed by atoms with Crippen molar-refractivity contribution in [2.24, 2.45) is 0 Å². The Morgan fingerprint density at radius 2 is 2.05 bits per heavy atom. The molecule has 2 N–H and O–H groups in total. The summed E-state index contributed by atoms with van der Waals surface area (Å²) >= 11 is 0. The van der Waals surface area contributed by atoms with E-state index >= 15 is 0 Å². The van der Waals surface area contributed by atoms with Crippen LogP contribution in [0.5, 0.6) is 0 Å². The van der Waals surface area contributed by atoms with Gasteiger partial charge in [-0.1, -0.05) is 18.2 Å². The summed E-state index contributed by atoms with van der Waals surface area (Å²) < 4.78 is 1.80. The van der Waals surface area contributed by atoms with Gasteiger partial charge in [-0.3, -0.25) is 4.79 Å². The molecular weight excluding hydrogens is 264 g/mol.